The standard InChI is InChI=1S/C17H16ClN3O/c1-11-6-5-9-21-15(12(2)20-16(11)21)17(22)19-10-13-7-3-4-8-14(13)18/h3-9H,10H2,1-2H3,(H,19,22). The van der Waals surface area contributed by atoms with Crippen molar-refractivity contribution < 1.29 is 4.79 Å². The Balaban J connectivity index is 1.88. The summed E-state index contributed by atoms with van der Waals surface area (Å²) >= 11 is 6.11. The Labute approximate surface area is 133 Å². The Hall–Kier alpha value is -2.33. The van der Waals surface area contributed by atoms with Crippen LogP contribution in [0.3, 0.4) is 0 Å². The number of fused-ring (bicyclic) bond motifs is 1. The predicted molar refractivity (Wildman–Crippen MR) is 87.3 cm³/mol. The molecule has 1 N–H and O–H groups in total. The lowest BCUT2D eigenvalue weighted by atomic mass is 10.2. The van der Waals surface area contributed by atoms with Gasteiger partial charge < -0.3 is 5.32 Å². The number of aryl methyl sites for hydroxylation is 2. The lowest BCUT2D eigenvalue weighted by Gasteiger charge is -2.08. The second-order valence-corrected chi connectivity index (χ2v) is 5.61. The van der Waals surface area contributed by atoms with Crippen LogP contribution >= 0.6 is 11.6 Å². The third-order valence-corrected chi connectivity index (χ3v) is 4.00. The third-order valence-electron chi connectivity index (χ3n) is 3.63. The minimum absolute atomic E-state index is 0.157. The first-order valence-electron chi connectivity index (χ1n) is 7.04. The van der Waals surface area contributed by atoms with E-state index in [1.165, 1.54) is 0 Å². The van der Waals surface area contributed by atoms with Crippen molar-refractivity contribution in [2.24, 2.45) is 0 Å². The number of nitrogens with one attached hydrogen (secondary N) is 1. The molecule has 0 aliphatic rings. The number of hydrogen-bond acceptors (Lipinski definition) is 2. The quantitative estimate of drug-likeness (QED) is 0.804. The molecule has 0 unspecified atom stereocenters. The Morgan fingerprint density at radius 2 is 2.00 bits per heavy atom. The molecular formula is C17H16ClN3O. The first-order chi connectivity index (χ1) is 10.6. The molecule has 0 aliphatic carbocycles. The fraction of sp³-hybridized carbons (Fsp3) is 0.176. The number of benzene rings is 1. The number of carbonyl (C=O) groups excluding carboxylic acids is 1. The maximum atomic E-state index is 12.5. The molecule has 112 valence electrons. The van der Waals surface area contributed by atoms with Crippen LogP contribution in [-0.2, 0) is 6.54 Å². The summed E-state index contributed by atoms with van der Waals surface area (Å²) in [7, 11) is 0. The van der Waals surface area contributed by atoms with E-state index in [4.69, 9.17) is 11.6 Å². The molecule has 2 aromatic heterocycles. The van der Waals surface area contributed by atoms with Crippen LogP contribution in [0.4, 0.5) is 0 Å². The summed E-state index contributed by atoms with van der Waals surface area (Å²) < 4.78 is 1.83. The molecule has 1 amide bonds. The number of nitrogens with zero attached hydrogens (tertiary/aromatic N) is 2. The van der Waals surface area contributed by atoms with E-state index in [2.05, 4.69) is 10.3 Å². The van der Waals surface area contributed by atoms with E-state index < -0.39 is 0 Å². The molecule has 4 nitrogen and oxygen atoms in total. The Bertz CT molecular complexity index is 854. The zero-order valence-electron chi connectivity index (χ0n) is 12.4. The van der Waals surface area contributed by atoms with Gasteiger partial charge in [0.2, 0.25) is 0 Å². The summed E-state index contributed by atoms with van der Waals surface area (Å²) in [5.74, 6) is -0.157. The van der Waals surface area contributed by atoms with Gasteiger partial charge in [-0.05, 0) is 37.1 Å². The van der Waals surface area contributed by atoms with Gasteiger partial charge in [-0.25, -0.2) is 4.98 Å². The second kappa shape index (κ2) is 5.81. The first-order valence-corrected chi connectivity index (χ1v) is 7.41. The molecule has 3 aromatic rings. The van der Waals surface area contributed by atoms with Crippen LogP contribution in [0.5, 0.6) is 0 Å². The minimum atomic E-state index is -0.157. The van der Waals surface area contributed by atoms with Crippen LogP contribution in [0.2, 0.25) is 5.02 Å². The molecular weight excluding hydrogens is 298 g/mol. The van der Waals surface area contributed by atoms with Crippen molar-refractivity contribution >= 4 is 23.2 Å². The highest BCUT2D eigenvalue weighted by Crippen LogP contribution is 2.17. The van der Waals surface area contributed by atoms with Crippen LogP contribution < -0.4 is 5.32 Å². The fourth-order valence-corrected chi connectivity index (χ4v) is 2.69. The molecule has 5 heteroatoms. The van der Waals surface area contributed by atoms with E-state index in [1.54, 1.807) is 0 Å². The number of halogens is 1. The number of hydrogen-bond donors (Lipinski definition) is 1. The van der Waals surface area contributed by atoms with Crippen molar-refractivity contribution in [3.63, 3.8) is 0 Å². The third kappa shape index (κ3) is 2.57. The van der Waals surface area contributed by atoms with Crippen molar-refractivity contribution in [3.8, 4) is 0 Å². The summed E-state index contributed by atoms with van der Waals surface area (Å²) in [6.07, 6.45) is 1.85. The van der Waals surface area contributed by atoms with Crippen LogP contribution in [0, 0.1) is 13.8 Å². The van der Waals surface area contributed by atoms with Crippen molar-refractivity contribution in [1.29, 1.82) is 0 Å². The maximum Gasteiger partial charge on any atom is 0.270 e. The van der Waals surface area contributed by atoms with Gasteiger partial charge >= 0.3 is 0 Å². The SMILES string of the molecule is Cc1nc2c(C)cccn2c1C(=O)NCc1ccccc1Cl. The van der Waals surface area contributed by atoms with E-state index in [-0.39, 0.29) is 5.91 Å². The Kier molecular flexibility index (Phi) is 3.86. The minimum Gasteiger partial charge on any atom is -0.347 e. The zero-order chi connectivity index (χ0) is 15.7. The van der Waals surface area contributed by atoms with Crippen molar-refractivity contribution in [1.82, 2.24) is 14.7 Å². The van der Waals surface area contributed by atoms with E-state index >= 15 is 0 Å². The summed E-state index contributed by atoms with van der Waals surface area (Å²) in [4.78, 5) is 17.0. The maximum absolute atomic E-state index is 12.5. The van der Waals surface area contributed by atoms with Gasteiger partial charge in [-0.3, -0.25) is 9.20 Å². The Morgan fingerprint density at radius 3 is 2.77 bits per heavy atom. The number of pyridine rings is 1. The molecule has 0 radical (unpaired) electrons. The first kappa shape index (κ1) is 14.6. The summed E-state index contributed by atoms with van der Waals surface area (Å²) in [5.41, 5.74) is 4.01. The van der Waals surface area contributed by atoms with Gasteiger partial charge in [0.15, 0.2) is 0 Å². The topological polar surface area (TPSA) is 46.4 Å². The van der Waals surface area contributed by atoms with E-state index in [0.29, 0.717) is 23.0 Å². The number of rotatable bonds is 3. The van der Waals surface area contributed by atoms with Crippen molar-refractivity contribution in [2.45, 2.75) is 20.4 Å². The zero-order valence-corrected chi connectivity index (χ0v) is 13.2. The summed E-state index contributed by atoms with van der Waals surface area (Å²) in [6.45, 7) is 4.21. The molecule has 3 rings (SSSR count). The lowest BCUT2D eigenvalue weighted by molar-refractivity contribution is 0.0944. The van der Waals surface area contributed by atoms with Crippen LogP contribution in [0.1, 0.15) is 27.3 Å². The van der Waals surface area contributed by atoms with Gasteiger partial charge in [-0.1, -0.05) is 35.9 Å². The molecule has 0 saturated heterocycles. The summed E-state index contributed by atoms with van der Waals surface area (Å²) in [5, 5.41) is 3.56. The molecule has 0 aliphatic heterocycles. The summed E-state index contributed by atoms with van der Waals surface area (Å²) in [6, 6.07) is 11.4. The molecule has 0 saturated carbocycles. The number of carbonyl (C=O) groups is 1. The van der Waals surface area contributed by atoms with Gasteiger partial charge in [0.05, 0.1) is 5.69 Å². The number of imidazole rings is 1. The van der Waals surface area contributed by atoms with Gasteiger partial charge in [-0.15, -0.1) is 0 Å². The molecule has 22 heavy (non-hydrogen) atoms. The van der Waals surface area contributed by atoms with E-state index in [1.807, 2.05) is 60.8 Å². The van der Waals surface area contributed by atoms with E-state index in [9.17, 15) is 4.79 Å². The second-order valence-electron chi connectivity index (χ2n) is 5.20. The average molecular weight is 314 g/mol. The average Bonchev–Trinajstić information content (AvgIpc) is 2.84. The molecule has 0 spiro atoms. The molecule has 1 aromatic carbocycles. The molecule has 0 bridgehead atoms. The normalized spacial score (nSPS) is 10.9. The van der Waals surface area contributed by atoms with Gasteiger partial charge in [0.1, 0.15) is 11.3 Å². The van der Waals surface area contributed by atoms with Gasteiger partial charge in [0.25, 0.3) is 5.91 Å². The monoisotopic (exact) mass is 313 g/mol. The van der Waals surface area contributed by atoms with Gasteiger partial charge in [-0.2, -0.15) is 0 Å². The van der Waals surface area contributed by atoms with Gasteiger partial charge in [0, 0.05) is 17.8 Å². The largest absolute Gasteiger partial charge is 0.347 e. The van der Waals surface area contributed by atoms with Crippen molar-refractivity contribution in [3.05, 3.63) is 70.1 Å². The molecule has 0 atom stereocenters. The number of aromatic nitrogens is 2. The highest BCUT2D eigenvalue weighted by Gasteiger charge is 2.17. The van der Waals surface area contributed by atoms with Crippen molar-refractivity contribution in [2.75, 3.05) is 0 Å². The van der Waals surface area contributed by atoms with Crippen LogP contribution in [0.25, 0.3) is 5.65 Å². The molecule has 0 fully saturated rings. The lowest BCUT2D eigenvalue weighted by Crippen LogP contribution is -2.25. The Morgan fingerprint density at radius 1 is 1.23 bits per heavy atom. The predicted octanol–water partition coefficient (Wildman–Crippen LogP) is 3.53. The number of amides is 1. The molecule has 2 heterocycles. The van der Waals surface area contributed by atoms with Crippen LogP contribution in [0.15, 0.2) is 42.6 Å². The van der Waals surface area contributed by atoms with E-state index in [0.717, 1.165) is 16.8 Å². The smallest absolute Gasteiger partial charge is 0.270 e. The van der Waals surface area contributed by atoms with Crippen LogP contribution in [-0.4, -0.2) is 15.3 Å². The fourth-order valence-electron chi connectivity index (χ4n) is 2.49. The highest BCUT2D eigenvalue weighted by atomic mass is 35.5. The highest BCUT2D eigenvalue weighted by molar-refractivity contribution is 6.31.